The van der Waals surface area contributed by atoms with Gasteiger partial charge in [-0.15, -0.1) is 0 Å². The summed E-state index contributed by atoms with van der Waals surface area (Å²) in [7, 11) is 5.97. The number of nitrogens with one attached hydrogen (secondary N) is 2. The van der Waals surface area contributed by atoms with Crippen molar-refractivity contribution in [2.24, 2.45) is 7.05 Å². The van der Waals surface area contributed by atoms with E-state index in [1.807, 2.05) is 86.2 Å². The van der Waals surface area contributed by atoms with E-state index in [9.17, 15) is 4.79 Å². The lowest BCUT2D eigenvalue weighted by Crippen LogP contribution is -2.37. The summed E-state index contributed by atoms with van der Waals surface area (Å²) in [5, 5.41) is 8.29. The molecule has 0 atom stereocenters. The number of hydrogen-bond acceptors (Lipinski definition) is 6. The van der Waals surface area contributed by atoms with E-state index in [0.29, 0.717) is 24.6 Å². The van der Waals surface area contributed by atoms with Crippen molar-refractivity contribution in [3.05, 3.63) is 76.2 Å². The number of para-hydroxylation sites is 2. The van der Waals surface area contributed by atoms with Crippen LogP contribution in [0.25, 0.3) is 16.6 Å². The van der Waals surface area contributed by atoms with Crippen LogP contribution in [0.15, 0.2) is 59.4 Å². The van der Waals surface area contributed by atoms with Gasteiger partial charge in [-0.2, -0.15) is 4.98 Å². The van der Waals surface area contributed by atoms with Crippen LogP contribution in [0.2, 0.25) is 0 Å². The van der Waals surface area contributed by atoms with Gasteiger partial charge in [0.25, 0.3) is 5.56 Å². The van der Waals surface area contributed by atoms with E-state index in [0.717, 1.165) is 59.3 Å². The van der Waals surface area contributed by atoms with Gasteiger partial charge in [-0.1, -0.05) is 30.3 Å². The standard InChI is InChI=1S/C28H35N7O/c1-19-24(27(36)35(34(19)4)22-10-6-5-7-11-22)18-29-20-14-16-21(17-15-20)30-28-31-25-13-9-8-12-23(25)26(32-28)33(2)3/h5-13,20-21,29H,14-18H2,1-4H3,(H,30,31,32)/t20-,21+. The van der Waals surface area contributed by atoms with Gasteiger partial charge in [0.05, 0.1) is 16.8 Å². The van der Waals surface area contributed by atoms with Crippen LogP contribution in [0, 0.1) is 6.92 Å². The summed E-state index contributed by atoms with van der Waals surface area (Å²) in [6, 6.07) is 18.7. The highest BCUT2D eigenvalue weighted by Gasteiger charge is 2.23. The van der Waals surface area contributed by atoms with Gasteiger partial charge < -0.3 is 15.5 Å². The maximum absolute atomic E-state index is 13.2. The largest absolute Gasteiger partial charge is 0.362 e. The van der Waals surface area contributed by atoms with E-state index in [2.05, 4.69) is 16.7 Å². The topological polar surface area (TPSA) is 80.0 Å². The molecule has 1 aliphatic carbocycles. The Morgan fingerprint density at radius 2 is 1.61 bits per heavy atom. The molecule has 2 N–H and O–H groups in total. The van der Waals surface area contributed by atoms with E-state index < -0.39 is 0 Å². The quantitative estimate of drug-likeness (QED) is 0.412. The number of rotatable bonds is 7. The lowest BCUT2D eigenvalue weighted by Gasteiger charge is -2.30. The van der Waals surface area contributed by atoms with Crippen molar-refractivity contribution in [1.82, 2.24) is 24.6 Å². The maximum atomic E-state index is 13.2. The second-order valence-corrected chi connectivity index (χ2v) is 9.90. The molecule has 0 saturated heterocycles. The second-order valence-electron chi connectivity index (χ2n) is 9.90. The molecule has 0 unspecified atom stereocenters. The molecule has 0 bridgehead atoms. The molecule has 2 heterocycles. The first-order valence-electron chi connectivity index (χ1n) is 12.7. The molecule has 1 aliphatic rings. The third-order valence-electron chi connectivity index (χ3n) is 7.31. The number of fused-ring (bicyclic) bond motifs is 1. The molecule has 8 heteroatoms. The van der Waals surface area contributed by atoms with Crippen molar-refractivity contribution < 1.29 is 0 Å². The van der Waals surface area contributed by atoms with Crippen LogP contribution >= 0.6 is 0 Å². The minimum atomic E-state index is 0.0502. The first kappa shape index (κ1) is 24.1. The molecule has 4 aromatic rings. The van der Waals surface area contributed by atoms with Crippen LogP contribution in [0.5, 0.6) is 0 Å². The Hall–Kier alpha value is -3.65. The zero-order chi connectivity index (χ0) is 25.2. The van der Waals surface area contributed by atoms with Crippen molar-refractivity contribution >= 4 is 22.7 Å². The summed E-state index contributed by atoms with van der Waals surface area (Å²) in [4.78, 5) is 24.8. The van der Waals surface area contributed by atoms with Crippen LogP contribution in [-0.4, -0.2) is 45.5 Å². The summed E-state index contributed by atoms with van der Waals surface area (Å²) < 4.78 is 3.69. The summed E-state index contributed by atoms with van der Waals surface area (Å²) in [6.07, 6.45) is 4.16. The molecule has 188 valence electrons. The van der Waals surface area contributed by atoms with Gasteiger partial charge in [-0.3, -0.25) is 9.48 Å². The van der Waals surface area contributed by atoms with Crippen LogP contribution in [0.1, 0.15) is 36.9 Å². The first-order valence-corrected chi connectivity index (χ1v) is 12.7. The van der Waals surface area contributed by atoms with Crippen LogP contribution in [0.4, 0.5) is 11.8 Å². The van der Waals surface area contributed by atoms with E-state index in [4.69, 9.17) is 9.97 Å². The smallest absolute Gasteiger partial charge is 0.276 e. The average molecular weight is 486 g/mol. The third-order valence-corrected chi connectivity index (χ3v) is 7.31. The predicted octanol–water partition coefficient (Wildman–Crippen LogP) is 4.01. The Labute approximate surface area is 212 Å². The van der Waals surface area contributed by atoms with Gasteiger partial charge in [0.1, 0.15) is 5.82 Å². The van der Waals surface area contributed by atoms with E-state index in [-0.39, 0.29) is 5.56 Å². The second kappa shape index (κ2) is 10.1. The van der Waals surface area contributed by atoms with E-state index in [1.165, 1.54) is 0 Å². The van der Waals surface area contributed by atoms with Crippen LogP contribution in [-0.2, 0) is 13.6 Å². The fraction of sp³-hybridized carbons (Fsp3) is 0.393. The first-order chi connectivity index (χ1) is 17.4. The monoisotopic (exact) mass is 485 g/mol. The van der Waals surface area contributed by atoms with Crippen molar-refractivity contribution in [3.63, 3.8) is 0 Å². The molecule has 8 nitrogen and oxygen atoms in total. The SMILES string of the molecule is Cc1c(CN[C@H]2CC[C@@H](Nc3nc(N(C)C)c4ccccc4n3)CC2)c(=O)n(-c2ccccc2)n1C. The number of anilines is 2. The highest BCUT2D eigenvalue weighted by molar-refractivity contribution is 5.90. The summed E-state index contributed by atoms with van der Waals surface area (Å²) in [5.74, 6) is 1.62. The Bertz CT molecular complexity index is 1400. The predicted molar refractivity (Wildman–Crippen MR) is 146 cm³/mol. The van der Waals surface area contributed by atoms with E-state index in [1.54, 1.807) is 4.68 Å². The normalized spacial score (nSPS) is 17.9. The molecule has 36 heavy (non-hydrogen) atoms. The van der Waals surface area contributed by atoms with Crippen LogP contribution < -0.4 is 21.1 Å². The molecular weight excluding hydrogens is 450 g/mol. The van der Waals surface area contributed by atoms with Gasteiger partial charge in [0.2, 0.25) is 5.95 Å². The van der Waals surface area contributed by atoms with Gasteiger partial charge in [-0.25, -0.2) is 9.67 Å². The van der Waals surface area contributed by atoms with Crippen molar-refractivity contribution in [3.8, 4) is 5.69 Å². The Kier molecular flexibility index (Phi) is 6.78. The number of aromatic nitrogens is 4. The molecule has 2 aromatic heterocycles. The lowest BCUT2D eigenvalue weighted by atomic mass is 9.91. The van der Waals surface area contributed by atoms with Gasteiger partial charge >= 0.3 is 0 Å². The Morgan fingerprint density at radius 3 is 2.33 bits per heavy atom. The number of benzene rings is 2. The molecule has 0 spiro atoms. The minimum Gasteiger partial charge on any atom is -0.362 e. The number of nitrogens with zero attached hydrogens (tertiary/aromatic N) is 5. The van der Waals surface area contributed by atoms with E-state index >= 15 is 0 Å². The fourth-order valence-electron chi connectivity index (χ4n) is 5.16. The number of hydrogen-bond donors (Lipinski definition) is 2. The van der Waals surface area contributed by atoms with Crippen molar-refractivity contribution in [2.75, 3.05) is 24.3 Å². The molecule has 1 fully saturated rings. The molecule has 0 radical (unpaired) electrons. The Balaban J connectivity index is 1.21. The maximum Gasteiger partial charge on any atom is 0.276 e. The molecule has 1 saturated carbocycles. The van der Waals surface area contributed by atoms with Crippen LogP contribution in [0.3, 0.4) is 0 Å². The van der Waals surface area contributed by atoms with Crippen molar-refractivity contribution in [2.45, 2.75) is 51.2 Å². The molecule has 2 aromatic carbocycles. The summed E-state index contributed by atoms with van der Waals surface area (Å²) >= 11 is 0. The summed E-state index contributed by atoms with van der Waals surface area (Å²) in [5.41, 5.74) is 3.72. The third kappa shape index (κ3) is 4.73. The zero-order valence-electron chi connectivity index (χ0n) is 21.5. The van der Waals surface area contributed by atoms with Gasteiger partial charge in [-0.05, 0) is 56.9 Å². The summed E-state index contributed by atoms with van der Waals surface area (Å²) in [6.45, 7) is 2.60. The Morgan fingerprint density at radius 1 is 0.944 bits per heavy atom. The minimum absolute atomic E-state index is 0.0502. The highest BCUT2D eigenvalue weighted by atomic mass is 16.1. The van der Waals surface area contributed by atoms with Gasteiger partial charge in [0, 0.05) is 50.9 Å². The lowest BCUT2D eigenvalue weighted by molar-refractivity contribution is 0.351. The average Bonchev–Trinajstić information content (AvgIpc) is 3.10. The zero-order valence-corrected chi connectivity index (χ0v) is 21.5. The molecule has 5 rings (SSSR count). The molecular formula is C28H35N7O. The molecule has 0 aliphatic heterocycles. The van der Waals surface area contributed by atoms with Crippen molar-refractivity contribution in [1.29, 1.82) is 0 Å². The van der Waals surface area contributed by atoms with Gasteiger partial charge in [0.15, 0.2) is 0 Å². The fourth-order valence-corrected chi connectivity index (χ4v) is 5.16. The highest BCUT2D eigenvalue weighted by Crippen LogP contribution is 2.26. The molecule has 0 amide bonds.